The van der Waals surface area contributed by atoms with Crippen molar-refractivity contribution in [1.29, 1.82) is 0 Å². The molecule has 24 heavy (non-hydrogen) atoms. The summed E-state index contributed by atoms with van der Waals surface area (Å²) in [5.41, 5.74) is 3.38. The molecule has 0 radical (unpaired) electrons. The maximum Gasteiger partial charge on any atom is 0.337 e. The number of hydrogen-bond acceptors (Lipinski definition) is 4. The predicted molar refractivity (Wildman–Crippen MR) is 96.8 cm³/mol. The molecule has 122 valence electrons. The third kappa shape index (κ3) is 3.83. The van der Waals surface area contributed by atoms with Crippen LogP contribution in [-0.4, -0.2) is 23.0 Å². The summed E-state index contributed by atoms with van der Waals surface area (Å²) >= 11 is 3.43. The summed E-state index contributed by atoms with van der Waals surface area (Å²) in [7, 11) is 1.37. The highest BCUT2D eigenvalue weighted by Gasteiger charge is 2.07. The zero-order valence-corrected chi connectivity index (χ0v) is 14.6. The number of carbonyl (C=O) groups is 1. The first kappa shape index (κ1) is 16.3. The molecule has 0 saturated heterocycles. The van der Waals surface area contributed by atoms with Gasteiger partial charge in [0.15, 0.2) is 0 Å². The van der Waals surface area contributed by atoms with Gasteiger partial charge in [-0.15, -0.1) is 0 Å². The van der Waals surface area contributed by atoms with E-state index in [4.69, 9.17) is 4.74 Å². The molecule has 1 heterocycles. The smallest absolute Gasteiger partial charge is 0.337 e. The highest BCUT2D eigenvalue weighted by atomic mass is 79.9. The van der Waals surface area contributed by atoms with Crippen molar-refractivity contribution in [1.82, 2.24) is 9.97 Å². The van der Waals surface area contributed by atoms with Crippen molar-refractivity contribution >= 4 is 27.6 Å². The topological polar surface area (TPSA) is 67.0 Å². The summed E-state index contributed by atoms with van der Waals surface area (Å²) in [6.45, 7) is 0.529. The summed E-state index contributed by atoms with van der Waals surface area (Å²) in [6.07, 6.45) is 1.81. The van der Waals surface area contributed by atoms with Crippen molar-refractivity contribution in [2.45, 2.75) is 6.54 Å². The average Bonchev–Trinajstić information content (AvgIpc) is 3.09. The molecular weight excluding hydrogens is 370 g/mol. The molecule has 0 spiro atoms. The molecule has 2 N–H and O–H groups in total. The van der Waals surface area contributed by atoms with Gasteiger partial charge in [0.2, 0.25) is 0 Å². The lowest BCUT2D eigenvalue weighted by molar-refractivity contribution is 0.0601. The van der Waals surface area contributed by atoms with E-state index in [1.54, 1.807) is 12.1 Å². The molecule has 1 aromatic heterocycles. The van der Waals surface area contributed by atoms with Gasteiger partial charge in [0.05, 0.1) is 31.1 Å². The van der Waals surface area contributed by atoms with Crippen molar-refractivity contribution in [2.75, 3.05) is 12.4 Å². The van der Waals surface area contributed by atoms with Crippen LogP contribution < -0.4 is 5.32 Å². The largest absolute Gasteiger partial charge is 0.465 e. The molecule has 0 aliphatic heterocycles. The van der Waals surface area contributed by atoms with Gasteiger partial charge < -0.3 is 15.0 Å². The second-order valence-electron chi connectivity index (χ2n) is 5.18. The van der Waals surface area contributed by atoms with Crippen molar-refractivity contribution in [2.24, 2.45) is 0 Å². The van der Waals surface area contributed by atoms with E-state index >= 15 is 0 Å². The molecule has 0 amide bonds. The van der Waals surface area contributed by atoms with Crippen LogP contribution in [0.3, 0.4) is 0 Å². The van der Waals surface area contributed by atoms with Crippen molar-refractivity contribution in [3.63, 3.8) is 0 Å². The minimum Gasteiger partial charge on any atom is -0.465 e. The molecule has 3 rings (SSSR count). The number of anilines is 1. The molecular formula is C18H16BrN3O2. The van der Waals surface area contributed by atoms with Crippen LogP contribution in [0.2, 0.25) is 0 Å². The second-order valence-corrected chi connectivity index (χ2v) is 6.09. The number of imidazole rings is 1. The quantitative estimate of drug-likeness (QED) is 0.644. The second kappa shape index (κ2) is 7.31. The number of benzene rings is 2. The maximum absolute atomic E-state index is 11.6. The number of nitrogens with one attached hydrogen (secondary N) is 2. The van der Waals surface area contributed by atoms with Gasteiger partial charge in [-0.05, 0) is 35.9 Å². The number of methoxy groups -OCH3 is 1. The minimum atomic E-state index is -0.353. The van der Waals surface area contributed by atoms with Gasteiger partial charge in [0.1, 0.15) is 5.82 Å². The van der Waals surface area contributed by atoms with Gasteiger partial charge in [-0.3, -0.25) is 0 Å². The van der Waals surface area contributed by atoms with E-state index in [-0.39, 0.29) is 5.97 Å². The Labute approximate surface area is 148 Å². The van der Waals surface area contributed by atoms with E-state index in [1.165, 1.54) is 7.11 Å². The van der Waals surface area contributed by atoms with E-state index in [0.29, 0.717) is 12.1 Å². The van der Waals surface area contributed by atoms with Crippen LogP contribution in [0.25, 0.3) is 11.3 Å². The monoisotopic (exact) mass is 385 g/mol. The number of hydrogen-bond donors (Lipinski definition) is 2. The van der Waals surface area contributed by atoms with Gasteiger partial charge >= 0.3 is 5.97 Å². The van der Waals surface area contributed by atoms with Gasteiger partial charge in [-0.1, -0.05) is 34.1 Å². The van der Waals surface area contributed by atoms with Crippen LogP contribution in [0.1, 0.15) is 16.2 Å². The zero-order chi connectivity index (χ0) is 16.9. The number of ether oxygens (including phenoxy) is 1. The number of aromatic amines is 1. The molecule has 0 fully saturated rings. The number of nitrogens with zero attached hydrogens (tertiary/aromatic N) is 1. The van der Waals surface area contributed by atoms with Crippen molar-refractivity contribution in [3.8, 4) is 11.3 Å². The van der Waals surface area contributed by atoms with Gasteiger partial charge in [-0.25, -0.2) is 9.78 Å². The van der Waals surface area contributed by atoms with Gasteiger partial charge in [-0.2, -0.15) is 0 Å². The van der Waals surface area contributed by atoms with Crippen LogP contribution in [0.4, 0.5) is 5.69 Å². The first-order valence-electron chi connectivity index (χ1n) is 7.38. The van der Waals surface area contributed by atoms with E-state index in [9.17, 15) is 4.79 Å². The summed E-state index contributed by atoms with van der Waals surface area (Å²) in [5, 5.41) is 3.25. The standard InChI is InChI=1S/C18H16BrN3O2/c1-24-18(23)13-3-2-4-15(9-13)20-11-17-21-10-16(22-17)12-5-7-14(19)8-6-12/h2-10,20H,11H2,1H3,(H,21,22). The van der Waals surface area contributed by atoms with Crippen LogP contribution in [0.15, 0.2) is 59.2 Å². The van der Waals surface area contributed by atoms with E-state index in [0.717, 1.165) is 27.2 Å². The Hall–Kier alpha value is -2.60. The molecule has 2 aromatic carbocycles. The first-order chi connectivity index (χ1) is 11.7. The SMILES string of the molecule is COC(=O)c1cccc(NCc2ncc(-c3ccc(Br)cc3)[nH]2)c1. The average molecular weight is 386 g/mol. The molecule has 0 aliphatic rings. The number of H-pyrrole nitrogens is 1. The molecule has 6 heteroatoms. The Kier molecular flexibility index (Phi) is 4.96. The lowest BCUT2D eigenvalue weighted by atomic mass is 10.2. The third-order valence-corrected chi connectivity index (χ3v) is 4.06. The fourth-order valence-corrected chi connectivity index (χ4v) is 2.55. The number of rotatable bonds is 5. The fraction of sp³-hybridized carbons (Fsp3) is 0.111. The predicted octanol–water partition coefficient (Wildman–Crippen LogP) is 4.24. The normalized spacial score (nSPS) is 10.4. The molecule has 5 nitrogen and oxygen atoms in total. The number of halogens is 1. The molecule has 0 saturated carbocycles. The summed E-state index contributed by atoms with van der Waals surface area (Å²) in [4.78, 5) is 19.2. The molecule has 3 aromatic rings. The minimum absolute atomic E-state index is 0.353. The molecule has 0 aliphatic carbocycles. The Morgan fingerprint density at radius 2 is 2.04 bits per heavy atom. The van der Waals surface area contributed by atoms with Crippen LogP contribution in [0, 0.1) is 0 Å². The van der Waals surface area contributed by atoms with E-state index in [2.05, 4.69) is 31.2 Å². The Morgan fingerprint density at radius 1 is 1.25 bits per heavy atom. The van der Waals surface area contributed by atoms with E-state index < -0.39 is 0 Å². The Bertz CT molecular complexity index is 843. The maximum atomic E-state index is 11.6. The van der Waals surface area contributed by atoms with Crippen LogP contribution in [0.5, 0.6) is 0 Å². The Morgan fingerprint density at radius 3 is 2.79 bits per heavy atom. The lowest BCUT2D eigenvalue weighted by Crippen LogP contribution is -2.04. The first-order valence-corrected chi connectivity index (χ1v) is 8.17. The van der Waals surface area contributed by atoms with E-state index in [1.807, 2.05) is 42.6 Å². The summed E-state index contributed by atoms with van der Waals surface area (Å²) < 4.78 is 5.77. The third-order valence-electron chi connectivity index (χ3n) is 3.53. The molecule has 0 unspecified atom stereocenters. The lowest BCUT2D eigenvalue weighted by Gasteiger charge is -2.06. The number of aromatic nitrogens is 2. The van der Waals surface area contributed by atoms with Gasteiger partial charge in [0, 0.05) is 10.2 Å². The highest BCUT2D eigenvalue weighted by molar-refractivity contribution is 9.10. The highest BCUT2D eigenvalue weighted by Crippen LogP contribution is 2.20. The summed E-state index contributed by atoms with van der Waals surface area (Å²) in [5.74, 6) is 0.463. The van der Waals surface area contributed by atoms with Crippen molar-refractivity contribution < 1.29 is 9.53 Å². The molecule has 0 bridgehead atoms. The Balaban J connectivity index is 1.67. The fourth-order valence-electron chi connectivity index (χ4n) is 2.29. The zero-order valence-electron chi connectivity index (χ0n) is 13.0. The van der Waals surface area contributed by atoms with Gasteiger partial charge in [0.25, 0.3) is 0 Å². The number of carbonyl (C=O) groups excluding carboxylic acids is 1. The van der Waals surface area contributed by atoms with Crippen LogP contribution in [-0.2, 0) is 11.3 Å². The van der Waals surface area contributed by atoms with Crippen LogP contribution >= 0.6 is 15.9 Å². The summed E-state index contributed by atoms with van der Waals surface area (Å²) in [6, 6.07) is 15.2. The molecule has 0 atom stereocenters. The number of esters is 1. The van der Waals surface area contributed by atoms with Crippen molar-refractivity contribution in [3.05, 3.63) is 70.6 Å².